The van der Waals surface area contributed by atoms with E-state index in [1.807, 2.05) is 60.7 Å². The summed E-state index contributed by atoms with van der Waals surface area (Å²) in [5, 5.41) is 7.66. The average Bonchev–Trinajstić information content (AvgIpc) is 3.29. The minimum Gasteiger partial charge on any atom is -0.496 e. The predicted molar refractivity (Wildman–Crippen MR) is 118 cm³/mol. The summed E-state index contributed by atoms with van der Waals surface area (Å²) in [6, 6.07) is 20.8. The van der Waals surface area contributed by atoms with E-state index < -0.39 is 0 Å². The quantitative estimate of drug-likeness (QED) is 0.497. The summed E-state index contributed by atoms with van der Waals surface area (Å²) in [5.41, 5.74) is 3.47. The van der Waals surface area contributed by atoms with E-state index in [1.54, 1.807) is 37.4 Å². The Balaban J connectivity index is 1.67. The van der Waals surface area contributed by atoms with Gasteiger partial charge in [-0.25, -0.2) is 9.67 Å². The minimum atomic E-state index is -0.237. The summed E-state index contributed by atoms with van der Waals surface area (Å²) < 4.78 is 12.3. The van der Waals surface area contributed by atoms with Gasteiger partial charge in [-0.2, -0.15) is 5.10 Å². The van der Waals surface area contributed by atoms with Gasteiger partial charge in [-0.1, -0.05) is 36.4 Å². The molecule has 0 saturated carbocycles. The van der Waals surface area contributed by atoms with Crippen molar-refractivity contribution in [2.75, 3.05) is 14.2 Å². The third kappa shape index (κ3) is 4.40. The van der Waals surface area contributed by atoms with Crippen LogP contribution in [0.2, 0.25) is 0 Å². The van der Waals surface area contributed by atoms with Gasteiger partial charge in [-0.05, 0) is 29.8 Å². The summed E-state index contributed by atoms with van der Waals surface area (Å²) in [7, 11) is 3.16. The first-order valence-corrected chi connectivity index (χ1v) is 9.75. The molecule has 0 aliphatic rings. The van der Waals surface area contributed by atoms with E-state index in [-0.39, 0.29) is 5.91 Å². The van der Waals surface area contributed by atoms with E-state index in [9.17, 15) is 4.79 Å². The molecule has 0 radical (unpaired) electrons. The first kappa shape index (κ1) is 20.2. The summed E-state index contributed by atoms with van der Waals surface area (Å²) in [6.07, 6.45) is 3.41. The SMILES string of the molecule is COc1ccc(CNC(=O)c2cn(-c3ccccc3)nc2-c2ccccc2OC)cn1. The molecule has 0 saturated heterocycles. The lowest BCUT2D eigenvalue weighted by Crippen LogP contribution is -2.23. The monoisotopic (exact) mass is 414 g/mol. The zero-order chi connectivity index (χ0) is 21.6. The van der Waals surface area contributed by atoms with Crippen LogP contribution in [0.25, 0.3) is 16.9 Å². The van der Waals surface area contributed by atoms with E-state index >= 15 is 0 Å². The standard InChI is InChI=1S/C24H22N4O3/c1-30-21-11-7-6-10-19(21)23-20(16-28(27-23)18-8-4-3-5-9-18)24(29)26-15-17-12-13-22(31-2)25-14-17/h3-14,16H,15H2,1-2H3,(H,26,29). The van der Waals surface area contributed by atoms with E-state index in [0.717, 1.165) is 16.8 Å². The number of carbonyl (C=O) groups is 1. The van der Waals surface area contributed by atoms with Crippen LogP contribution in [-0.4, -0.2) is 34.9 Å². The number of methoxy groups -OCH3 is 2. The van der Waals surface area contributed by atoms with Crippen LogP contribution >= 0.6 is 0 Å². The van der Waals surface area contributed by atoms with Crippen LogP contribution in [0.5, 0.6) is 11.6 Å². The number of nitrogens with one attached hydrogen (secondary N) is 1. The van der Waals surface area contributed by atoms with Gasteiger partial charge >= 0.3 is 0 Å². The number of para-hydroxylation sites is 2. The molecule has 0 fully saturated rings. The van der Waals surface area contributed by atoms with Crippen LogP contribution < -0.4 is 14.8 Å². The van der Waals surface area contributed by atoms with Crippen LogP contribution in [0.1, 0.15) is 15.9 Å². The molecule has 2 aromatic heterocycles. The maximum atomic E-state index is 13.1. The van der Waals surface area contributed by atoms with Crippen molar-refractivity contribution in [2.24, 2.45) is 0 Å². The molecule has 0 bridgehead atoms. The first-order chi connectivity index (χ1) is 15.2. The highest BCUT2D eigenvalue weighted by Crippen LogP contribution is 2.31. The van der Waals surface area contributed by atoms with Crippen molar-refractivity contribution in [1.29, 1.82) is 0 Å². The number of nitrogens with zero attached hydrogens (tertiary/aromatic N) is 3. The molecule has 0 atom stereocenters. The second-order valence-electron chi connectivity index (χ2n) is 6.76. The third-order valence-electron chi connectivity index (χ3n) is 4.80. The zero-order valence-corrected chi connectivity index (χ0v) is 17.3. The molecule has 7 nitrogen and oxygen atoms in total. The van der Waals surface area contributed by atoms with Gasteiger partial charge < -0.3 is 14.8 Å². The van der Waals surface area contributed by atoms with Gasteiger partial charge in [-0.3, -0.25) is 4.79 Å². The first-order valence-electron chi connectivity index (χ1n) is 9.75. The van der Waals surface area contributed by atoms with Gasteiger partial charge in [0.2, 0.25) is 5.88 Å². The number of ether oxygens (including phenoxy) is 2. The van der Waals surface area contributed by atoms with E-state index in [2.05, 4.69) is 10.3 Å². The summed E-state index contributed by atoms with van der Waals surface area (Å²) >= 11 is 0. The molecule has 0 spiro atoms. The normalized spacial score (nSPS) is 10.5. The topological polar surface area (TPSA) is 78.3 Å². The molecule has 4 rings (SSSR count). The van der Waals surface area contributed by atoms with Crippen molar-refractivity contribution >= 4 is 5.91 Å². The molecule has 0 aliphatic carbocycles. The Bertz CT molecular complexity index is 1170. The molecular formula is C24H22N4O3. The Labute approximate surface area is 180 Å². The van der Waals surface area contributed by atoms with E-state index in [1.165, 1.54) is 0 Å². The van der Waals surface area contributed by atoms with E-state index in [4.69, 9.17) is 14.6 Å². The van der Waals surface area contributed by atoms with Crippen molar-refractivity contribution in [3.05, 3.63) is 90.3 Å². The predicted octanol–water partition coefficient (Wildman–Crippen LogP) is 3.88. The van der Waals surface area contributed by atoms with Gasteiger partial charge in [0.15, 0.2) is 0 Å². The Hall–Kier alpha value is -4.13. The number of pyridine rings is 1. The largest absolute Gasteiger partial charge is 0.496 e. The number of rotatable bonds is 7. The second-order valence-corrected chi connectivity index (χ2v) is 6.76. The Morgan fingerprint density at radius 2 is 1.74 bits per heavy atom. The fraction of sp³-hybridized carbons (Fsp3) is 0.125. The van der Waals surface area contributed by atoms with Gasteiger partial charge in [0.1, 0.15) is 11.4 Å². The molecule has 2 aromatic carbocycles. The number of amides is 1. The lowest BCUT2D eigenvalue weighted by Gasteiger charge is -2.09. The average molecular weight is 414 g/mol. The van der Waals surface area contributed by atoms with Crippen molar-refractivity contribution in [1.82, 2.24) is 20.1 Å². The number of hydrogen-bond acceptors (Lipinski definition) is 5. The molecule has 1 N–H and O–H groups in total. The fourth-order valence-corrected chi connectivity index (χ4v) is 3.21. The summed E-state index contributed by atoms with van der Waals surface area (Å²) in [6.45, 7) is 0.331. The van der Waals surface area contributed by atoms with Crippen molar-refractivity contribution < 1.29 is 14.3 Å². The molecule has 0 aliphatic heterocycles. The highest BCUT2D eigenvalue weighted by molar-refractivity contribution is 6.00. The highest BCUT2D eigenvalue weighted by Gasteiger charge is 2.21. The number of aromatic nitrogens is 3. The minimum absolute atomic E-state index is 0.237. The molecule has 156 valence electrons. The smallest absolute Gasteiger partial charge is 0.255 e. The fourth-order valence-electron chi connectivity index (χ4n) is 3.21. The summed E-state index contributed by atoms with van der Waals surface area (Å²) in [4.78, 5) is 17.3. The molecule has 2 heterocycles. The van der Waals surface area contributed by atoms with Crippen LogP contribution in [0, 0.1) is 0 Å². The lowest BCUT2D eigenvalue weighted by atomic mass is 10.1. The van der Waals surface area contributed by atoms with E-state index in [0.29, 0.717) is 29.4 Å². The molecular weight excluding hydrogens is 392 g/mol. The highest BCUT2D eigenvalue weighted by atomic mass is 16.5. The third-order valence-corrected chi connectivity index (χ3v) is 4.80. The molecule has 7 heteroatoms. The van der Waals surface area contributed by atoms with Crippen molar-refractivity contribution in [2.45, 2.75) is 6.54 Å². The second kappa shape index (κ2) is 9.13. The number of hydrogen-bond donors (Lipinski definition) is 1. The summed E-state index contributed by atoms with van der Waals surface area (Å²) in [5.74, 6) is 0.936. The molecule has 4 aromatic rings. The number of benzene rings is 2. The lowest BCUT2D eigenvalue weighted by molar-refractivity contribution is 0.0951. The van der Waals surface area contributed by atoms with Gasteiger partial charge in [-0.15, -0.1) is 0 Å². The van der Waals surface area contributed by atoms with Crippen molar-refractivity contribution in [3.63, 3.8) is 0 Å². The maximum absolute atomic E-state index is 13.1. The van der Waals surface area contributed by atoms with Gasteiger partial charge in [0.05, 0.1) is 25.5 Å². The molecule has 31 heavy (non-hydrogen) atoms. The Morgan fingerprint density at radius 1 is 0.968 bits per heavy atom. The van der Waals surface area contributed by atoms with Crippen LogP contribution in [0.4, 0.5) is 0 Å². The number of carbonyl (C=O) groups excluding carboxylic acids is 1. The van der Waals surface area contributed by atoms with Crippen molar-refractivity contribution in [3.8, 4) is 28.6 Å². The van der Waals surface area contributed by atoms with Crippen LogP contribution in [0.15, 0.2) is 79.1 Å². The Morgan fingerprint density at radius 3 is 2.45 bits per heavy atom. The molecule has 1 amide bonds. The molecule has 0 unspecified atom stereocenters. The van der Waals surface area contributed by atoms with Crippen LogP contribution in [-0.2, 0) is 6.54 Å². The van der Waals surface area contributed by atoms with Crippen LogP contribution in [0.3, 0.4) is 0 Å². The maximum Gasteiger partial charge on any atom is 0.255 e. The zero-order valence-electron chi connectivity index (χ0n) is 17.3. The van der Waals surface area contributed by atoms with Gasteiger partial charge in [0, 0.05) is 30.6 Å². The van der Waals surface area contributed by atoms with Gasteiger partial charge in [0.25, 0.3) is 5.91 Å². The Kier molecular flexibility index (Phi) is 5.93.